The van der Waals surface area contributed by atoms with Gasteiger partial charge in [0.1, 0.15) is 11.4 Å². The molecule has 1 aromatic carbocycles. The maximum absolute atomic E-state index is 6.16. The summed E-state index contributed by atoms with van der Waals surface area (Å²) in [5.41, 5.74) is 1.98. The van der Waals surface area contributed by atoms with Crippen LogP contribution in [0.5, 0.6) is 5.75 Å². The second-order valence-corrected chi connectivity index (χ2v) is 8.72. The number of ether oxygens (including phenoxy) is 1. The molecule has 6 heteroatoms. The number of rotatable bonds is 5. The standard InChI is InChI=1S/C23H33N5O/c1-4-24-22(25-16-17-13-14-28(27-17)18-9-5-6-10-18)26-20-15-23(2,3)29-21-12-8-7-11-19(20)21/h7-8,11-14,18,20H,4-6,9-10,15-16H2,1-3H3,(H2,24,25,26). The molecule has 0 bridgehead atoms. The molecule has 29 heavy (non-hydrogen) atoms. The van der Waals surface area contributed by atoms with E-state index in [0.29, 0.717) is 12.6 Å². The Morgan fingerprint density at radius 1 is 1.24 bits per heavy atom. The van der Waals surface area contributed by atoms with Crippen LogP contribution in [0.2, 0.25) is 0 Å². The van der Waals surface area contributed by atoms with E-state index in [2.05, 4.69) is 60.5 Å². The first-order valence-electron chi connectivity index (χ1n) is 10.9. The van der Waals surface area contributed by atoms with E-state index in [1.54, 1.807) is 0 Å². The summed E-state index contributed by atoms with van der Waals surface area (Å²) in [5.74, 6) is 1.77. The van der Waals surface area contributed by atoms with Crippen molar-refractivity contribution in [1.82, 2.24) is 20.4 Å². The van der Waals surface area contributed by atoms with Crippen molar-refractivity contribution in [2.75, 3.05) is 6.54 Å². The zero-order valence-corrected chi connectivity index (χ0v) is 17.8. The first-order chi connectivity index (χ1) is 14.0. The van der Waals surface area contributed by atoms with Crippen molar-refractivity contribution >= 4 is 5.96 Å². The number of hydrogen-bond donors (Lipinski definition) is 2. The van der Waals surface area contributed by atoms with Crippen LogP contribution in [0.15, 0.2) is 41.5 Å². The molecule has 1 aliphatic carbocycles. The monoisotopic (exact) mass is 395 g/mol. The van der Waals surface area contributed by atoms with Crippen molar-refractivity contribution in [2.45, 2.75) is 77.1 Å². The Bertz CT molecular complexity index is 850. The highest BCUT2D eigenvalue weighted by molar-refractivity contribution is 5.80. The molecule has 1 aromatic heterocycles. The van der Waals surface area contributed by atoms with E-state index in [1.807, 2.05) is 12.1 Å². The van der Waals surface area contributed by atoms with Gasteiger partial charge < -0.3 is 15.4 Å². The number of guanidine groups is 1. The molecule has 0 amide bonds. The van der Waals surface area contributed by atoms with Crippen LogP contribution in [0.4, 0.5) is 0 Å². The van der Waals surface area contributed by atoms with Crippen molar-refractivity contribution in [3.63, 3.8) is 0 Å². The molecule has 1 atom stereocenters. The van der Waals surface area contributed by atoms with Gasteiger partial charge in [-0.1, -0.05) is 31.0 Å². The third kappa shape index (κ3) is 4.74. The molecule has 0 spiro atoms. The number of benzene rings is 1. The molecule has 0 radical (unpaired) electrons. The second kappa shape index (κ2) is 8.47. The fraction of sp³-hybridized carbons (Fsp3) is 0.565. The summed E-state index contributed by atoms with van der Waals surface area (Å²) in [6, 6.07) is 11.1. The summed E-state index contributed by atoms with van der Waals surface area (Å²) in [4.78, 5) is 4.82. The van der Waals surface area contributed by atoms with E-state index in [4.69, 9.17) is 14.8 Å². The lowest BCUT2D eigenvalue weighted by Gasteiger charge is -2.38. The number of hydrogen-bond acceptors (Lipinski definition) is 3. The van der Waals surface area contributed by atoms with E-state index in [9.17, 15) is 0 Å². The first-order valence-corrected chi connectivity index (χ1v) is 10.9. The number of aromatic nitrogens is 2. The lowest BCUT2D eigenvalue weighted by Crippen LogP contribution is -2.45. The summed E-state index contributed by atoms with van der Waals surface area (Å²) < 4.78 is 8.29. The molecule has 2 N–H and O–H groups in total. The van der Waals surface area contributed by atoms with E-state index in [1.165, 1.54) is 31.2 Å². The van der Waals surface area contributed by atoms with Gasteiger partial charge in [0, 0.05) is 24.7 Å². The topological polar surface area (TPSA) is 63.5 Å². The Morgan fingerprint density at radius 2 is 2.03 bits per heavy atom. The van der Waals surface area contributed by atoms with E-state index >= 15 is 0 Å². The first kappa shape index (κ1) is 19.8. The minimum atomic E-state index is -0.219. The minimum absolute atomic E-state index is 0.156. The highest BCUT2D eigenvalue weighted by atomic mass is 16.5. The summed E-state index contributed by atoms with van der Waals surface area (Å²) in [7, 11) is 0. The van der Waals surface area contributed by atoms with Crippen LogP contribution < -0.4 is 15.4 Å². The highest BCUT2D eigenvalue weighted by Crippen LogP contribution is 2.39. The predicted octanol–water partition coefficient (Wildman–Crippen LogP) is 4.36. The predicted molar refractivity (Wildman–Crippen MR) is 116 cm³/mol. The van der Waals surface area contributed by atoms with E-state index in [-0.39, 0.29) is 11.6 Å². The van der Waals surface area contributed by atoms with Gasteiger partial charge in [0.15, 0.2) is 5.96 Å². The Labute approximate surface area is 173 Å². The van der Waals surface area contributed by atoms with Crippen LogP contribution in [0, 0.1) is 0 Å². The van der Waals surface area contributed by atoms with Crippen LogP contribution in [0.25, 0.3) is 0 Å². The van der Waals surface area contributed by atoms with Crippen LogP contribution in [0.1, 0.15) is 76.2 Å². The summed E-state index contributed by atoms with van der Waals surface area (Å²) >= 11 is 0. The SMILES string of the molecule is CCNC(=NCc1ccn(C2CCCC2)n1)NC1CC(C)(C)Oc2ccccc21. The molecule has 4 rings (SSSR count). The molecular weight excluding hydrogens is 362 g/mol. The van der Waals surface area contributed by atoms with Gasteiger partial charge in [0.25, 0.3) is 0 Å². The largest absolute Gasteiger partial charge is 0.487 e. The second-order valence-electron chi connectivity index (χ2n) is 8.72. The number of para-hydroxylation sites is 1. The molecule has 1 fully saturated rings. The Balaban J connectivity index is 1.48. The van der Waals surface area contributed by atoms with Crippen molar-refractivity contribution in [3.05, 3.63) is 47.8 Å². The molecule has 2 heterocycles. The number of aliphatic imine (C=N–C) groups is 1. The summed E-state index contributed by atoms with van der Waals surface area (Å²) in [5, 5.41) is 11.8. The van der Waals surface area contributed by atoms with Crippen molar-refractivity contribution < 1.29 is 4.74 Å². The number of fused-ring (bicyclic) bond motifs is 1. The van der Waals surface area contributed by atoms with Gasteiger partial charge in [0.05, 0.1) is 24.3 Å². The fourth-order valence-corrected chi connectivity index (χ4v) is 4.41. The lowest BCUT2D eigenvalue weighted by atomic mass is 9.90. The van der Waals surface area contributed by atoms with Gasteiger partial charge in [-0.05, 0) is 45.7 Å². The molecule has 0 saturated heterocycles. The molecule has 1 saturated carbocycles. The maximum Gasteiger partial charge on any atom is 0.192 e. The summed E-state index contributed by atoms with van der Waals surface area (Å²) in [6.07, 6.45) is 8.11. The molecule has 156 valence electrons. The third-order valence-electron chi connectivity index (χ3n) is 5.79. The van der Waals surface area contributed by atoms with Gasteiger partial charge in [-0.2, -0.15) is 5.10 Å². The van der Waals surface area contributed by atoms with Gasteiger partial charge in [-0.25, -0.2) is 4.99 Å². The van der Waals surface area contributed by atoms with Gasteiger partial charge >= 0.3 is 0 Å². The minimum Gasteiger partial charge on any atom is -0.487 e. The third-order valence-corrected chi connectivity index (χ3v) is 5.79. The Kier molecular flexibility index (Phi) is 5.79. The molecule has 1 aliphatic heterocycles. The van der Waals surface area contributed by atoms with Crippen LogP contribution >= 0.6 is 0 Å². The smallest absolute Gasteiger partial charge is 0.192 e. The van der Waals surface area contributed by atoms with Crippen molar-refractivity contribution in [1.29, 1.82) is 0 Å². The van der Waals surface area contributed by atoms with Crippen molar-refractivity contribution in [3.8, 4) is 5.75 Å². The molecular formula is C23H33N5O. The zero-order chi connectivity index (χ0) is 20.3. The zero-order valence-electron chi connectivity index (χ0n) is 17.8. The van der Waals surface area contributed by atoms with Crippen LogP contribution in [-0.2, 0) is 6.54 Å². The Hall–Kier alpha value is -2.50. The van der Waals surface area contributed by atoms with Crippen LogP contribution in [-0.4, -0.2) is 27.9 Å². The van der Waals surface area contributed by atoms with E-state index in [0.717, 1.165) is 30.4 Å². The molecule has 2 aliphatic rings. The molecule has 6 nitrogen and oxygen atoms in total. The van der Waals surface area contributed by atoms with E-state index < -0.39 is 0 Å². The number of nitrogens with zero attached hydrogens (tertiary/aromatic N) is 3. The maximum atomic E-state index is 6.16. The van der Waals surface area contributed by atoms with Gasteiger partial charge in [-0.15, -0.1) is 0 Å². The van der Waals surface area contributed by atoms with Crippen LogP contribution in [0.3, 0.4) is 0 Å². The highest BCUT2D eigenvalue weighted by Gasteiger charge is 2.34. The quantitative estimate of drug-likeness (QED) is 0.583. The Morgan fingerprint density at radius 3 is 2.83 bits per heavy atom. The lowest BCUT2D eigenvalue weighted by molar-refractivity contribution is 0.0694. The summed E-state index contributed by atoms with van der Waals surface area (Å²) in [6.45, 7) is 7.75. The fourth-order valence-electron chi connectivity index (χ4n) is 4.41. The normalized spacial score (nSPS) is 21.5. The van der Waals surface area contributed by atoms with Crippen molar-refractivity contribution in [2.24, 2.45) is 4.99 Å². The molecule has 2 aromatic rings. The number of nitrogens with one attached hydrogen (secondary N) is 2. The average molecular weight is 396 g/mol. The van der Waals surface area contributed by atoms with Gasteiger partial charge in [-0.3, -0.25) is 4.68 Å². The van der Waals surface area contributed by atoms with Gasteiger partial charge in [0.2, 0.25) is 0 Å². The average Bonchev–Trinajstić information content (AvgIpc) is 3.37. The molecule has 1 unspecified atom stereocenters.